The topological polar surface area (TPSA) is 26.5 Å². The van der Waals surface area contributed by atoms with E-state index in [1.54, 1.807) is 7.11 Å². The zero-order valence-electron chi connectivity index (χ0n) is 12.3. The molecule has 0 amide bonds. The Hall–Kier alpha value is -2.29. The monoisotopic (exact) mass is 266 g/mol. The van der Waals surface area contributed by atoms with Crippen LogP contribution in [0.4, 0.5) is 0 Å². The summed E-state index contributed by atoms with van der Waals surface area (Å²) in [5, 5.41) is 0. The number of ether oxygens (including phenoxy) is 1. The third-order valence-corrected chi connectivity index (χ3v) is 3.70. The largest absolute Gasteiger partial charge is 0.496 e. The number of pyridine rings is 1. The second kappa shape index (κ2) is 4.67. The normalized spacial score (nSPS) is 11.0. The van der Waals surface area contributed by atoms with Crippen molar-refractivity contribution < 1.29 is 4.74 Å². The second-order valence-corrected chi connectivity index (χ2v) is 5.18. The summed E-state index contributed by atoms with van der Waals surface area (Å²) in [4.78, 5) is 4.76. The molecular weight excluding hydrogens is 248 g/mol. The Morgan fingerprint density at radius 2 is 1.85 bits per heavy atom. The van der Waals surface area contributed by atoms with E-state index in [-0.39, 0.29) is 0 Å². The van der Waals surface area contributed by atoms with Crippen LogP contribution in [-0.4, -0.2) is 16.5 Å². The average Bonchev–Trinajstić information content (AvgIpc) is 2.86. The zero-order valence-corrected chi connectivity index (χ0v) is 12.3. The Labute approximate surface area is 118 Å². The van der Waals surface area contributed by atoms with E-state index >= 15 is 0 Å². The Morgan fingerprint density at radius 1 is 1.05 bits per heavy atom. The summed E-state index contributed by atoms with van der Waals surface area (Å²) in [6, 6.07) is 8.34. The first-order chi connectivity index (χ1) is 9.60. The molecule has 20 heavy (non-hydrogen) atoms. The molecule has 0 atom stereocenters. The van der Waals surface area contributed by atoms with E-state index in [0.717, 1.165) is 28.2 Å². The van der Waals surface area contributed by atoms with Crippen LogP contribution < -0.4 is 4.74 Å². The van der Waals surface area contributed by atoms with Gasteiger partial charge < -0.3 is 9.14 Å². The highest BCUT2D eigenvalue weighted by molar-refractivity contribution is 5.69. The van der Waals surface area contributed by atoms with Gasteiger partial charge in [-0.25, -0.2) is 4.98 Å². The number of benzene rings is 1. The van der Waals surface area contributed by atoms with Gasteiger partial charge in [-0.1, -0.05) is 6.07 Å². The first-order valence-corrected chi connectivity index (χ1v) is 6.70. The van der Waals surface area contributed by atoms with Gasteiger partial charge in [0.2, 0.25) is 0 Å². The van der Waals surface area contributed by atoms with Crippen LogP contribution in [-0.2, 0) is 0 Å². The minimum absolute atomic E-state index is 0.922. The smallest absolute Gasteiger partial charge is 0.140 e. The molecule has 0 saturated carbocycles. The SMILES string of the molecule is COc1cc(C)c(-c2cn3cccc(C)c3n2)cc1C. The molecule has 0 fully saturated rings. The van der Waals surface area contributed by atoms with Gasteiger partial charge in [-0.15, -0.1) is 0 Å². The number of fused-ring (bicyclic) bond motifs is 1. The van der Waals surface area contributed by atoms with Crippen LogP contribution in [0.2, 0.25) is 0 Å². The summed E-state index contributed by atoms with van der Waals surface area (Å²) in [6.07, 6.45) is 4.11. The van der Waals surface area contributed by atoms with Gasteiger partial charge in [0.25, 0.3) is 0 Å². The van der Waals surface area contributed by atoms with Gasteiger partial charge in [-0.3, -0.25) is 0 Å². The van der Waals surface area contributed by atoms with Crippen molar-refractivity contribution in [3.63, 3.8) is 0 Å². The van der Waals surface area contributed by atoms with Crippen LogP contribution >= 0.6 is 0 Å². The Kier molecular flexibility index (Phi) is 2.97. The van der Waals surface area contributed by atoms with E-state index in [4.69, 9.17) is 9.72 Å². The van der Waals surface area contributed by atoms with Crippen molar-refractivity contribution in [3.8, 4) is 17.0 Å². The lowest BCUT2D eigenvalue weighted by Gasteiger charge is -2.09. The van der Waals surface area contributed by atoms with Crippen LogP contribution in [0.15, 0.2) is 36.7 Å². The van der Waals surface area contributed by atoms with Gasteiger partial charge in [-0.2, -0.15) is 0 Å². The average molecular weight is 266 g/mol. The van der Waals surface area contributed by atoms with E-state index in [1.165, 1.54) is 11.1 Å². The molecule has 0 saturated heterocycles. The van der Waals surface area contributed by atoms with Crippen molar-refractivity contribution in [1.82, 2.24) is 9.38 Å². The van der Waals surface area contributed by atoms with Crippen molar-refractivity contribution in [2.45, 2.75) is 20.8 Å². The highest BCUT2D eigenvalue weighted by Gasteiger charge is 2.11. The molecule has 0 aliphatic heterocycles. The first-order valence-electron chi connectivity index (χ1n) is 6.70. The van der Waals surface area contributed by atoms with Gasteiger partial charge in [-0.05, 0) is 55.7 Å². The predicted octanol–water partition coefficient (Wildman–Crippen LogP) is 3.94. The summed E-state index contributed by atoms with van der Waals surface area (Å²) >= 11 is 0. The summed E-state index contributed by atoms with van der Waals surface area (Å²) in [5.74, 6) is 0.922. The van der Waals surface area contributed by atoms with Crippen LogP contribution in [0.25, 0.3) is 16.9 Å². The number of aryl methyl sites for hydroxylation is 3. The quantitative estimate of drug-likeness (QED) is 0.702. The number of hydrogen-bond acceptors (Lipinski definition) is 2. The highest BCUT2D eigenvalue weighted by Crippen LogP contribution is 2.30. The lowest BCUT2D eigenvalue weighted by atomic mass is 10.0. The van der Waals surface area contributed by atoms with Crippen molar-refractivity contribution in [2.24, 2.45) is 0 Å². The molecule has 3 heteroatoms. The maximum atomic E-state index is 5.37. The number of methoxy groups -OCH3 is 1. The second-order valence-electron chi connectivity index (χ2n) is 5.18. The number of nitrogens with zero attached hydrogens (tertiary/aromatic N) is 2. The molecule has 0 N–H and O–H groups in total. The molecule has 0 spiro atoms. The molecular formula is C17H18N2O. The first kappa shape index (κ1) is 12.7. The van der Waals surface area contributed by atoms with E-state index in [0.29, 0.717) is 0 Å². The number of imidazole rings is 1. The lowest BCUT2D eigenvalue weighted by molar-refractivity contribution is 0.411. The lowest BCUT2D eigenvalue weighted by Crippen LogP contribution is -1.91. The standard InChI is InChI=1S/C17H18N2O/c1-11-6-5-7-19-10-15(18-17(11)19)14-8-13(3)16(20-4)9-12(14)2/h5-10H,1-4H3. The van der Waals surface area contributed by atoms with Crippen LogP contribution in [0.5, 0.6) is 5.75 Å². The van der Waals surface area contributed by atoms with E-state index in [1.807, 2.05) is 12.3 Å². The summed E-state index contributed by atoms with van der Waals surface area (Å²) in [7, 11) is 1.70. The molecule has 3 nitrogen and oxygen atoms in total. The molecule has 3 aromatic rings. The molecule has 0 radical (unpaired) electrons. The molecule has 1 aromatic carbocycles. The van der Waals surface area contributed by atoms with E-state index in [9.17, 15) is 0 Å². The van der Waals surface area contributed by atoms with Crippen molar-refractivity contribution >= 4 is 5.65 Å². The fourth-order valence-corrected chi connectivity index (χ4v) is 2.57. The number of hydrogen-bond donors (Lipinski definition) is 0. The third kappa shape index (κ3) is 1.95. The van der Waals surface area contributed by atoms with Gasteiger partial charge in [0.15, 0.2) is 0 Å². The van der Waals surface area contributed by atoms with Crippen molar-refractivity contribution in [2.75, 3.05) is 7.11 Å². The fraction of sp³-hybridized carbons (Fsp3) is 0.235. The van der Waals surface area contributed by atoms with Gasteiger partial charge in [0.1, 0.15) is 11.4 Å². The Bertz CT molecular complexity index is 787. The number of aromatic nitrogens is 2. The van der Waals surface area contributed by atoms with Gasteiger partial charge in [0.05, 0.1) is 12.8 Å². The molecule has 0 bridgehead atoms. The zero-order chi connectivity index (χ0) is 14.3. The summed E-state index contributed by atoms with van der Waals surface area (Å²) < 4.78 is 7.44. The maximum Gasteiger partial charge on any atom is 0.140 e. The van der Waals surface area contributed by atoms with Crippen LogP contribution in [0.1, 0.15) is 16.7 Å². The Morgan fingerprint density at radius 3 is 2.55 bits per heavy atom. The maximum absolute atomic E-state index is 5.37. The number of rotatable bonds is 2. The minimum atomic E-state index is 0.922. The molecule has 2 aromatic heterocycles. The molecule has 102 valence electrons. The van der Waals surface area contributed by atoms with E-state index < -0.39 is 0 Å². The molecule has 0 unspecified atom stereocenters. The molecule has 0 aliphatic rings. The molecule has 0 aliphatic carbocycles. The minimum Gasteiger partial charge on any atom is -0.496 e. The third-order valence-electron chi connectivity index (χ3n) is 3.70. The fourth-order valence-electron chi connectivity index (χ4n) is 2.57. The van der Waals surface area contributed by atoms with E-state index in [2.05, 4.69) is 49.6 Å². The van der Waals surface area contributed by atoms with Crippen LogP contribution in [0, 0.1) is 20.8 Å². The summed E-state index contributed by atoms with van der Waals surface area (Å²) in [6.45, 7) is 6.23. The highest BCUT2D eigenvalue weighted by atomic mass is 16.5. The molecule has 3 rings (SSSR count). The summed E-state index contributed by atoms with van der Waals surface area (Å²) in [5.41, 5.74) is 6.65. The van der Waals surface area contributed by atoms with Crippen molar-refractivity contribution in [1.29, 1.82) is 0 Å². The van der Waals surface area contributed by atoms with Gasteiger partial charge in [0, 0.05) is 18.0 Å². The van der Waals surface area contributed by atoms with Crippen molar-refractivity contribution in [3.05, 3.63) is 53.3 Å². The predicted molar refractivity (Wildman–Crippen MR) is 81.4 cm³/mol. The Balaban J connectivity index is 2.20. The molecule has 2 heterocycles. The van der Waals surface area contributed by atoms with Crippen LogP contribution in [0.3, 0.4) is 0 Å². The van der Waals surface area contributed by atoms with Gasteiger partial charge >= 0.3 is 0 Å².